The molecule has 0 radical (unpaired) electrons. The molecule has 2 heterocycles. The molecule has 1 fully saturated rings. The highest BCUT2D eigenvalue weighted by Crippen LogP contribution is 2.23. The normalized spacial score (nSPS) is 14.4. The van der Waals surface area contributed by atoms with Crippen LogP contribution in [0.5, 0.6) is 5.75 Å². The highest BCUT2D eigenvalue weighted by molar-refractivity contribution is 7.99. The minimum absolute atomic E-state index is 0.0362. The summed E-state index contributed by atoms with van der Waals surface area (Å²) in [6, 6.07) is 5.76. The Morgan fingerprint density at radius 3 is 2.64 bits per heavy atom. The molecule has 1 saturated heterocycles. The minimum atomic E-state index is -2.88. The molecule has 0 spiro atoms. The molecule has 1 aromatic heterocycles. The van der Waals surface area contributed by atoms with Crippen molar-refractivity contribution < 1.29 is 23.0 Å². The van der Waals surface area contributed by atoms with Crippen LogP contribution in [0.25, 0.3) is 0 Å². The Bertz CT molecular complexity index is 782. The Kier molecular flexibility index (Phi) is 7.04. The van der Waals surface area contributed by atoms with E-state index in [0.717, 1.165) is 19.0 Å². The number of rotatable bonds is 8. The van der Waals surface area contributed by atoms with Crippen molar-refractivity contribution in [1.29, 1.82) is 0 Å². The van der Waals surface area contributed by atoms with Crippen molar-refractivity contribution in [1.82, 2.24) is 14.8 Å². The lowest BCUT2D eigenvalue weighted by atomic mass is 10.3. The summed E-state index contributed by atoms with van der Waals surface area (Å²) in [5.74, 6) is 0.736. The van der Waals surface area contributed by atoms with Crippen LogP contribution in [0.1, 0.15) is 6.92 Å². The highest BCUT2D eigenvalue weighted by Gasteiger charge is 2.20. The van der Waals surface area contributed by atoms with Gasteiger partial charge in [-0.15, -0.1) is 10.2 Å². The van der Waals surface area contributed by atoms with Crippen molar-refractivity contribution >= 4 is 29.3 Å². The third-order valence-electron chi connectivity index (χ3n) is 4.00. The van der Waals surface area contributed by atoms with E-state index in [-0.39, 0.29) is 17.4 Å². The van der Waals surface area contributed by atoms with Gasteiger partial charge >= 0.3 is 6.61 Å². The van der Waals surface area contributed by atoms with Gasteiger partial charge in [-0.25, -0.2) is 0 Å². The first kappa shape index (κ1) is 20.3. The summed E-state index contributed by atoms with van der Waals surface area (Å²) >= 11 is 1.29. The molecule has 0 unspecified atom stereocenters. The van der Waals surface area contributed by atoms with Crippen LogP contribution in [0, 0.1) is 0 Å². The summed E-state index contributed by atoms with van der Waals surface area (Å²) in [5.41, 5.74) is 0.498. The number of nitrogens with one attached hydrogen (secondary N) is 1. The SMILES string of the molecule is CCn1c(SCC(=O)Nc2ccc(OC(F)F)cc2)nnc1N1CCOCC1. The second-order valence-corrected chi connectivity index (χ2v) is 6.81. The predicted molar refractivity (Wildman–Crippen MR) is 101 cm³/mol. The number of benzene rings is 1. The summed E-state index contributed by atoms with van der Waals surface area (Å²) < 4.78 is 35.9. The number of amides is 1. The predicted octanol–water partition coefficient (Wildman–Crippen LogP) is 2.47. The zero-order valence-corrected chi connectivity index (χ0v) is 16.1. The number of thioether (sulfide) groups is 1. The van der Waals surface area contributed by atoms with Crippen LogP contribution in [0.2, 0.25) is 0 Å². The van der Waals surface area contributed by atoms with Gasteiger partial charge in [-0.05, 0) is 31.2 Å². The van der Waals surface area contributed by atoms with Crippen molar-refractivity contribution in [2.45, 2.75) is 25.2 Å². The minimum Gasteiger partial charge on any atom is -0.435 e. The van der Waals surface area contributed by atoms with Crippen molar-refractivity contribution in [3.8, 4) is 5.75 Å². The van der Waals surface area contributed by atoms with Gasteiger partial charge in [-0.1, -0.05) is 11.8 Å². The molecular formula is C17H21F2N5O3S. The van der Waals surface area contributed by atoms with Crippen LogP contribution in [-0.2, 0) is 16.1 Å². The van der Waals surface area contributed by atoms with Gasteiger partial charge in [0, 0.05) is 25.3 Å². The third-order valence-corrected chi connectivity index (χ3v) is 4.97. The molecule has 8 nitrogen and oxygen atoms in total. The van der Waals surface area contributed by atoms with Crippen LogP contribution in [-0.4, -0.2) is 59.3 Å². The largest absolute Gasteiger partial charge is 0.435 e. The van der Waals surface area contributed by atoms with Crippen molar-refractivity contribution in [3.63, 3.8) is 0 Å². The Morgan fingerprint density at radius 2 is 2.00 bits per heavy atom. The monoisotopic (exact) mass is 413 g/mol. The lowest BCUT2D eigenvalue weighted by Crippen LogP contribution is -2.38. The maximum absolute atomic E-state index is 12.2. The number of carbonyl (C=O) groups is 1. The molecule has 0 atom stereocenters. The molecule has 1 N–H and O–H groups in total. The lowest BCUT2D eigenvalue weighted by Gasteiger charge is -2.27. The van der Waals surface area contributed by atoms with Crippen molar-refractivity contribution in [2.75, 3.05) is 42.3 Å². The average Bonchev–Trinajstić information content (AvgIpc) is 3.11. The van der Waals surface area contributed by atoms with E-state index in [4.69, 9.17) is 4.74 Å². The molecule has 1 amide bonds. The number of anilines is 2. The number of morpholine rings is 1. The third kappa shape index (κ3) is 5.32. The number of alkyl halides is 2. The summed E-state index contributed by atoms with van der Waals surface area (Å²) in [4.78, 5) is 14.3. The average molecular weight is 413 g/mol. The number of hydrogen-bond donors (Lipinski definition) is 1. The molecule has 28 heavy (non-hydrogen) atoms. The van der Waals surface area contributed by atoms with E-state index in [2.05, 4.69) is 25.2 Å². The van der Waals surface area contributed by atoms with Gasteiger partial charge in [0.1, 0.15) is 5.75 Å². The number of nitrogens with zero attached hydrogens (tertiary/aromatic N) is 4. The van der Waals surface area contributed by atoms with Crippen LogP contribution in [0.4, 0.5) is 20.4 Å². The lowest BCUT2D eigenvalue weighted by molar-refractivity contribution is -0.113. The Hall–Kier alpha value is -2.40. The first-order chi connectivity index (χ1) is 13.6. The fraction of sp³-hybridized carbons (Fsp3) is 0.471. The molecule has 1 aliphatic heterocycles. The van der Waals surface area contributed by atoms with Gasteiger partial charge in [-0.2, -0.15) is 8.78 Å². The molecule has 1 aliphatic rings. The van der Waals surface area contributed by atoms with Gasteiger partial charge in [0.15, 0.2) is 5.16 Å². The zero-order valence-electron chi connectivity index (χ0n) is 15.3. The Morgan fingerprint density at radius 1 is 1.29 bits per heavy atom. The zero-order chi connectivity index (χ0) is 19.9. The number of ether oxygens (including phenoxy) is 2. The first-order valence-electron chi connectivity index (χ1n) is 8.80. The highest BCUT2D eigenvalue weighted by atomic mass is 32.2. The first-order valence-corrected chi connectivity index (χ1v) is 9.78. The molecule has 1 aromatic carbocycles. The summed E-state index contributed by atoms with van der Waals surface area (Å²) in [5, 5.41) is 11.8. The standard InChI is InChI=1S/C17H21F2N5O3S/c1-2-24-16(23-7-9-26-10-8-23)21-22-17(24)28-11-14(25)20-12-3-5-13(6-4-12)27-15(18)19/h3-6,15H,2,7-11H2,1H3,(H,20,25). The molecule has 2 aromatic rings. The fourth-order valence-electron chi connectivity index (χ4n) is 2.71. The van der Waals surface area contributed by atoms with Gasteiger partial charge < -0.3 is 19.7 Å². The summed E-state index contributed by atoms with van der Waals surface area (Å²) in [6.45, 7) is 2.64. The van der Waals surface area contributed by atoms with E-state index in [0.29, 0.717) is 30.6 Å². The summed E-state index contributed by atoms with van der Waals surface area (Å²) in [6.07, 6.45) is 0. The number of hydrogen-bond acceptors (Lipinski definition) is 7. The van der Waals surface area contributed by atoms with Gasteiger partial charge in [-0.3, -0.25) is 9.36 Å². The van der Waals surface area contributed by atoms with E-state index in [1.165, 1.54) is 36.0 Å². The topological polar surface area (TPSA) is 81.5 Å². The van der Waals surface area contributed by atoms with E-state index in [1.54, 1.807) is 0 Å². The molecule has 3 rings (SSSR count). The van der Waals surface area contributed by atoms with Crippen LogP contribution in [0.3, 0.4) is 0 Å². The maximum Gasteiger partial charge on any atom is 0.387 e. The van der Waals surface area contributed by atoms with E-state index < -0.39 is 6.61 Å². The number of halogens is 2. The molecule has 0 aliphatic carbocycles. The Balaban J connectivity index is 1.55. The molecule has 0 saturated carbocycles. The van der Waals surface area contributed by atoms with E-state index in [1.807, 2.05) is 11.5 Å². The summed E-state index contributed by atoms with van der Waals surface area (Å²) in [7, 11) is 0. The van der Waals surface area contributed by atoms with Crippen LogP contribution in [0.15, 0.2) is 29.4 Å². The molecule has 11 heteroatoms. The Labute approximate surface area is 165 Å². The van der Waals surface area contributed by atoms with Crippen LogP contribution < -0.4 is 15.0 Å². The van der Waals surface area contributed by atoms with Gasteiger partial charge in [0.25, 0.3) is 0 Å². The van der Waals surface area contributed by atoms with Gasteiger partial charge in [0.05, 0.1) is 19.0 Å². The number of aromatic nitrogens is 3. The fourth-order valence-corrected chi connectivity index (χ4v) is 3.51. The molecule has 152 valence electrons. The van der Waals surface area contributed by atoms with E-state index in [9.17, 15) is 13.6 Å². The van der Waals surface area contributed by atoms with Crippen molar-refractivity contribution in [3.05, 3.63) is 24.3 Å². The number of carbonyl (C=O) groups excluding carboxylic acids is 1. The second kappa shape index (κ2) is 9.69. The van der Waals surface area contributed by atoms with Crippen LogP contribution >= 0.6 is 11.8 Å². The van der Waals surface area contributed by atoms with Gasteiger partial charge in [0.2, 0.25) is 11.9 Å². The molecule has 0 bridgehead atoms. The second-order valence-electron chi connectivity index (χ2n) is 5.87. The molecular weight excluding hydrogens is 392 g/mol. The quantitative estimate of drug-likeness (QED) is 0.666. The smallest absolute Gasteiger partial charge is 0.387 e. The van der Waals surface area contributed by atoms with Crippen molar-refractivity contribution in [2.24, 2.45) is 0 Å². The maximum atomic E-state index is 12.2. The van der Waals surface area contributed by atoms with E-state index >= 15 is 0 Å².